The Balaban J connectivity index is 0.000000515. The molecule has 0 unspecified atom stereocenters. The van der Waals surface area contributed by atoms with E-state index in [-0.39, 0.29) is 11.9 Å². The number of hydrogen-bond donors (Lipinski definition) is 3. The molecule has 0 saturated carbocycles. The van der Waals surface area contributed by atoms with Gasteiger partial charge in [0.15, 0.2) is 0 Å². The standard InChI is InChI=1S/C29H36N6O2S.C2HF3O2/c36-26(34-11-5-22(6-12-34)17-25-2-1-15-38-25)4-3-23-16-24-19-35(28(37)32-27(24)31-18-23)14-13-33-20-29(21-33)7-9-30-10-8-29;3-2(4,5)1(6)7/h1-5,15-16,18,30H,6-14,17,19-21H2,(H,31,32,37);(H,6,7). The van der Waals surface area contributed by atoms with E-state index in [0.29, 0.717) is 30.9 Å². The Labute approximate surface area is 263 Å². The summed E-state index contributed by atoms with van der Waals surface area (Å²) in [6.45, 7) is 8.09. The monoisotopic (exact) mass is 646 g/mol. The Morgan fingerprint density at radius 1 is 1.18 bits per heavy atom. The normalized spacial score (nSPS) is 19.7. The number of carboxylic acids is 1. The molecule has 3 N–H and O–H groups in total. The van der Waals surface area contributed by atoms with Crippen molar-refractivity contribution in [2.75, 3.05) is 57.7 Å². The molecule has 0 bridgehead atoms. The summed E-state index contributed by atoms with van der Waals surface area (Å²) < 4.78 is 31.7. The Hall–Kier alpha value is -3.75. The number of halogens is 3. The first-order valence-electron chi connectivity index (χ1n) is 14.9. The molecule has 1 spiro atoms. The van der Waals surface area contributed by atoms with E-state index >= 15 is 0 Å². The van der Waals surface area contributed by atoms with Gasteiger partial charge < -0.3 is 25.1 Å². The number of amides is 3. The zero-order valence-corrected chi connectivity index (χ0v) is 25.6. The van der Waals surface area contributed by atoms with Crippen LogP contribution in [0.3, 0.4) is 0 Å². The van der Waals surface area contributed by atoms with Gasteiger partial charge in [-0.05, 0) is 66.9 Å². The molecule has 2 saturated heterocycles. The van der Waals surface area contributed by atoms with Crippen LogP contribution in [0, 0.1) is 5.41 Å². The molecule has 14 heteroatoms. The minimum atomic E-state index is -5.08. The number of nitrogens with one attached hydrogen (secondary N) is 2. The predicted molar refractivity (Wildman–Crippen MR) is 165 cm³/mol. The van der Waals surface area contributed by atoms with Crippen LogP contribution in [0.4, 0.5) is 23.8 Å². The van der Waals surface area contributed by atoms with Gasteiger partial charge in [-0.25, -0.2) is 14.6 Å². The number of fused-ring (bicyclic) bond motifs is 1. The molecule has 6 heterocycles. The zero-order valence-electron chi connectivity index (χ0n) is 24.8. The number of urea groups is 1. The van der Waals surface area contributed by atoms with Gasteiger partial charge in [0.05, 0.1) is 6.54 Å². The summed E-state index contributed by atoms with van der Waals surface area (Å²) in [5.41, 5.74) is 3.76. The van der Waals surface area contributed by atoms with Crippen molar-refractivity contribution in [1.29, 1.82) is 0 Å². The largest absolute Gasteiger partial charge is 0.490 e. The first kappa shape index (κ1) is 32.6. The van der Waals surface area contributed by atoms with Crippen LogP contribution in [-0.2, 0) is 22.6 Å². The highest BCUT2D eigenvalue weighted by molar-refractivity contribution is 7.09. The predicted octanol–water partition coefficient (Wildman–Crippen LogP) is 4.22. The third-order valence-electron chi connectivity index (χ3n) is 8.59. The summed E-state index contributed by atoms with van der Waals surface area (Å²) in [5.74, 6) is -2.12. The van der Waals surface area contributed by atoms with E-state index in [1.807, 2.05) is 21.9 Å². The lowest BCUT2D eigenvalue weighted by Gasteiger charge is -2.53. The Morgan fingerprint density at radius 3 is 2.58 bits per heavy atom. The fourth-order valence-electron chi connectivity index (χ4n) is 6.07. The third kappa shape index (κ3) is 8.70. The van der Waals surface area contributed by atoms with Crippen molar-refractivity contribution in [3.8, 4) is 0 Å². The summed E-state index contributed by atoms with van der Waals surface area (Å²) in [5, 5.41) is 15.6. The lowest BCUT2D eigenvalue weighted by Crippen LogP contribution is -2.61. The molecule has 4 aliphatic heterocycles. The highest BCUT2D eigenvalue weighted by Crippen LogP contribution is 2.38. The first-order valence-corrected chi connectivity index (χ1v) is 15.8. The molecule has 2 aromatic heterocycles. The average molecular weight is 647 g/mol. The van der Waals surface area contributed by atoms with Crippen LogP contribution in [0.2, 0.25) is 0 Å². The fraction of sp³-hybridized carbons (Fsp3) is 0.484. The van der Waals surface area contributed by atoms with E-state index in [4.69, 9.17) is 9.90 Å². The number of piperidine rings is 1. The lowest BCUT2D eigenvalue weighted by molar-refractivity contribution is -0.192. The van der Waals surface area contributed by atoms with E-state index in [1.54, 1.807) is 23.6 Å². The summed E-state index contributed by atoms with van der Waals surface area (Å²) in [6.07, 6.45) is 6.73. The van der Waals surface area contributed by atoms with Crippen molar-refractivity contribution in [3.05, 3.63) is 63.5 Å². The average Bonchev–Trinajstić information content (AvgIpc) is 3.51. The highest BCUT2D eigenvalue weighted by atomic mass is 32.1. The molecule has 0 atom stereocenters. The molecule has 45 heavy (non-hydrogen) atoms. The van der Waals surface area contributed by atoms with E-state index in [1.165, 1.54) is 23.3 Å². The Bertz CT molecular complexity index is 1430. The number of anilines is 1. The van der Waals surface area contributed by atoms with Crippen LogP contribution < -0.4 is 10.6 Å². The molecule has 0 aliphatic carbocycles. The number of carbonyl (C=O) groups excluding carboxylic acids is 2. The lowest BCUT2D eigenvalue weighted by atomic mass is 9.72. The Kier molecular flexibility index (Phi) is 10.2. The van der Waals surface area contributed by atoms with Gasteiger partial charge in [-0.15, -0.1) is 11.3 Å². The summed E-state index contributed by atoms with van der Waals surface area (Å²) in [6, 6.07) is 6.19. The van der Waals surface area contributed by atoms with E-state index in [0.717, 1.165) is 63.2 Å². The van der Waals surface area contributed by atoms with Gasteiger partial charge in [0.1, 0.15) is 5.82 Å². The van der Waals surface area contributed by atoms with Gasteiger partial charge in [-0.1, -0.05) is 17.7 Å². The number of aromatic nitrogens is 1. The second kappa shape index (κ2) is 14.1. The van der Waals surface area contributed by atoms with Crippen molar-refractivity contribution in [2.45, 2.75) is 38.4 Å². The van der Waals surface area contributed by atoms with Gasteiger partial charge in [-0.3, -0.25) is 10.1 Å². The number of likely N-dealkylation sites (tertiary alicyclic amines) is 1. The van der Waals surface area contributed by atoms with Gasteiger partial charge in [0.2, 0.25) is 5.91 Å². The van der Waals surface area contributed by atoms with Crippen molar-refractivity contribution in [2.24, 2.45) is 5.41 Å². The number of hydrogen-bond acceptors (Lipinski definition) is 7. The number of alkyl halides is 3. The van der Waals surface area contributed by atoms with E-state index in [2.05, 4.69) is 44.1 Å². The molecule has 242 valence electrons. The maximum atomic E-state index is 12.8. The molecule has 10 nitrogen and oxygen atoms in total. The molecule has 0 radical (unpaired) electrons. The van der Waals surface area contributed by atoms with Crippen LogP contribution in [-0.4, -0.2) is 101 Å². The molecule has 3 amide bonds. The third-order valence-corrected chi connectivity index (χ3v) is 9.46. The van der Waals surface area contributed by atoms with Crippen LogP contribution in [0.5, 0.6) is 0 Å². The van der Waals surface area contributed by atoms with Gasteiger partial charge >= 0.3 is 18.2 Å². The molecular weight excluding hydrogens is 609 g/mol. The summed E-state index contributed by atoms with van der Waals surface area (Å²) in [4.78, 5) is 46.4. The smallest absolute Gasteiger partial charge is 0.475 e. The van der Waals surface area contributed by atoms with Gasteiger partial charge in [0, 0.05) is 68.4 Å². The van der Waals surface area contributed by atoms with E-state index < -0.39 is 12.1 Å². The second-order valence-corrected chi connectivity index (χ2v) is 12.9. The Morgan fingerprint density at radius 2 is 1.93 bits per heavy atom. The van der Waals surface area contributed by atoms with Crippen molar-refractivity contribution in [1.82, 2.24) is 25.0 Å². The van der Waals surface area contributed by atoms with Gasteiger partial charge in [-0.2, -0.15) is 13.2 Å². The quantitative estimate of drug-likeness (QED) is 0.305. The number of nitrogens with zero attached hydrogens (tertiary/aromatic N) is 4. The van der Waals surface area contributed by atoms with Gasteiger partial charge in [0.25, 0.3) is 0 Å². The van der Waals surface area contributed by atoms with Crippen LogP contribution >= 0.6 is 11.3 Å². The minimum absolute atomic E-state index is 0.0186. The maximum Gasteiger partial charge on any atom is 0.490 e. The number of thiophene rings is 1. The number of pyridine rings is 1. The fourth-order valence-corrected chi connectivity index (χ4v) is 6.83. The molecule has 4 aliphatic rings. The maximum absolute atomic E-state index is 12.8. The van der Waals surface area contributed by atoms with E-state index in [9.17, 15) is 22.8 Å². The molecular formula is C31H37F3N6O4S. The van der Waals surface area contributed by atoms with Crippen molar-refractivity contribution in [3.63, 3.8) is 0 Å². The second-order valence-electron chi connectivity index (χ2n) is 11.9. The topological polar surface area (TPSA) is 118 Å². The number of carbonyl (C=O) groups is 3. The number of carboxylic acid groups (broad SMARTS) is 1. The first-order chi connectivity index (χ1) is 21.5. The highest BCUT2D eigenvalue weighted by Gasteiger charge is 2.43. The van der Waals surface area contributed by atoms with Crippen molar-refractivity contribution >= 4 is 41.1 Å². The zero-order chi connectivity index (χ0) is 32.0. The number of rotatable bonds is 7. The summed E-state index contributed by atoms with van der Waals surface area (Å²) >= 11 is 1.78. The molecule has 2 fully saturated rings. The van der Waals surface area contributed by atoms with Crippen molar-refractivity contribution < 1.29 is 32.7 Å². The van der Waals surface area contributed by atoms with Crippen LogP contribution in [0.15, 0.2) is 47.5 Å². The SMILES string of the molecule is O=C(C=Cc1cnc2c(c1)CN(CCN1CC3(CCNCC3)C1)C(=O)N2)N1CC=C(Cc2cccs2)CC1.O=C(O)C(F)(F)F. The minimum Gasteiger partial charge on any atom is -0.475 e. The van der Waals surface area contributed by atoms with Crippen LogP contribution in [0.25, 0.3) is 6.08 Å². The molecule has 0 aromatic carbocycles. The summed E-state index contributed by atoms with van der Waals surface area (Å²) in [7, 11) is 0. The van der Waals surface area contributed by atoms with Crippen LogP contribution in [0.1, 0.15) is 35.3 Å². The number of aliphatic carboxylic acids is 1. The molecule has 2 aromatic rings. The molecule has 6 rings (SSSR count).